The maximum atomic E-state index is 4.31. The number of likely N-dealkylation sites (tertiary alicyclic amines) is 1. The van der Waals surface area contributed by atoms with Gasteiger partial charge >= 0.3 is 0 Å². The first-order chi connectivity index (χ1) is 9.81. The first-order valence-electron chi connectivity index (χ1n) is 7.99. The molecule has 0 bridgehead atoms. The van der Waals surface area contributed by atoms with Gasteiger partial charge in [0.15, 0.2) is 5.96 Å². The number of nitrogens with zero attached hydrogens (tertiary/aromatic N) is 2. The van der Waals surface area contributed by atoms with E-state index in [0.29, 0.717) is 6.04 Å². The van der Waals surface area contributed by atoms with Crippen LogP contribution in [0, 0.1) is 0 Å². The van der Waals surface area contributed by atoms with Crippen LogP contribution >= 0.6 is 11.8 Å². The first-order valence-corrected chi connectivity index (χ1v) is 9.38. The van der Waals surface area contributed by atoms with E-state index in [0.717, 1.165) is 25.6 Å². The fourth-order valence-electron chi connectivity index (χ4n) is 2.72. The van der Waals surface area contributed by atoms with Crippen molar-refractivity contribution in [2.45, 2.75) is 45.1 Å². The van der Waals surface area contributed by atoms with E-state index in [-0.39, 0.29) is 0 Å². The molecule has 0 aromatic heterocycles. The molecule has 4 nitrogen and oxygen atoms in total. The van der Waals surface area contributed by atoms with Crippen molar-refractivity contribution in [1.29, 1.82) is 0 Å². The van der Waals surface area contributed by atoms with Crippen molar-refractivity contribution in [3.05, 3.63) is 0 Å². The molecule has 5 heteroatoms. The summed E-state index contributed by atoms with van der Waals surface area (Å²) >= 11 is 1.92. The number of guanidine groups is 1. The number of piperidine rings is 1. The summed E-state index contributed by atoms with van der Waals surface area (Å²) in [4.78, 5) is 6.90. The summed E-state index contributed by atoms with van der Waals surface area (Å²) in [6.45, 7) is 6.70. The number of unbranched alkanes of at least 4 members (excludes halogenated alkanes) is 1. The van der Waals surface area contributed by atoms with E-state index < -0.39 is 0 Å². The molecular formula is C15H32N4S. The van der Waals surface area contributed by atoms with Crippen LogP contribution in [-0.4, -0.2) is 62.1 Å². The molecule has 0 spiro atoms. The topological polar surface area (TPSA) is 39.7 Å². The Labute approximate surface area is 129 Å². The Bertz CT molecular complexity index is 271. The minimum Gasteiger partial charge on any atom is -0.356 e. The minimum absolute atomic E-state index is 0.670. The lowest BCUT2D eigenvalue weighted by Gasteiger charge is -2.35. The lowest BCUT2D eigenvalue weighted by molar-refractivity contribution is 0.157. The molecule has 118 valence electrons. The van der Waals surface area contributed by atoms with E-state index in [9.17, 15) is 0 Å². The predicted molar refractivity (Wildman–Crippen MR) is 91.9 cm³/mol. The highest BCUT2D eigenvalue weighted by Crippen LogP contribution is 2.15. The van der Waals surface area contributed by atoms with E-state index in [1.54, 1.807) is 0 Å². The summed E-state index contributed by atoms with van der Waals surface area (Å²) in [6, 6.07) is 0.670. The molecule has 2 N–H and O–H groups in total. The molecule has 1 rings (SSSR count). The Balaban J connectivity index is 2.19. The highest BCUT2D eigenvalue weighted by molar-refractivity contribution is 7.98. The third-order valence-electron chi connectivity index (χ3n) is 3.95. The Hall–Kier alpha value is -0.420. The molecule has 1 saturated heterocycles. The zero-order valence-electron chi connectivity index (χ0n) is 13.5. The van der Waals surface area contributed by atoms with Crippen LogP contribution in [0.1, 0.15) is 39.0 Å². The van der Waals surface area contributed by atoms with E-state index in [2.05, 4.69) is 33.7 Å². The number of thioether (sulfide) groups is 1. The van der Waals surface area contributed by atoms with Gasteiger partial charge in [-0.25, -0.2) is 0 Å². The zero-order chi connectivity index (χ0) is 14.6. The smallest absolute Gasteiger partial charge is 0.191 e. The molecule has 1 unspecified atom stereocenters. The zero-order valence-corrected chi connectivity index (χ0v) is 14.3. The van der Waals surface area contributed by atoms with Crippen molar-refractivity contribution in [2.75, 3.05) is 45.2 Å². The molecule has 0 aromatic carbocycles. The number of nitrogens with one attached hydrogen (secondary N) is 2. The van der Waals surface area contributed by atoms with Crippen molar-refractivity contribution >= 4 is 17.7 Å². The van der Waals surface area contributed by atoms with Gasteiger partial charge in [0, 0.05) is 26.2 Å². The number of hydrogen-bond acceptors (Lipinski definition) is 3. The highest BCUT2D eigenvalue weighted by Gasteiger charge is 2.20. The second-order valence-corrected chi connectivity index (χ2v) is 6.34. The standard InChI is InChI=1S/C15H32N4S/c1-4-19-11-7-5-9-14(19)13-18-15(16-2)17-10-6-8-12-20-3/h14H,4-13H2,1-3H3,(H2,16,17,18). The third-order valence-corrected chi connectivity index (χ3v) is 4.65. The largest absolute Gasteiger partial charge is 0.356 e. The second-order valence-electron chi connectivity index (χ2n) is 5.36. The van der Waals surface area contributed by atoms with Crippen molar-refractivity contribution < 1.29 is 0 Å². The Morgan fingerprint density at radius 1 is 1.30 bits per heavy atom. The van der Waals surface area contributed by atoms with Gasteiger partial charge < -0.3 is 10.6 Å². The normalized spacial score (nSPS) is 20.9. The fourth-order valence-corrected chi connectivity index (χ4v) is 3.21. The molecule has 0 aliphatic carbocycles. The summed E-state index contributed by atoms with van der Waals surface area (Å²) in [7, 11) is 1.86. The van der Waals surface area contributed by atoms with E-state index in [4.69, 9.17) is 0 Å². The third kappa shape index (κ3) is 6.84. The van der Waals surface area contributed by atoms with E-state index >= 15 is 0 Å². The van der Waals surface area contributed by atoms with Crippen LogP contribution in [0.2, 0.25) is 0 Å². The van der Waals surface area contributed by atoms with Crippen LogP contribution in [-0.2, 0) is 0 Å². The molecule has 1 atom stereocenters. The highest BCUT2D eigenvalue weighted by atomic mass is 32.2. The quantitative estimate of drug-likeness (QED) is 0.409. The molecule has 1 aliphatic rings. The van der Waals surface area contributed by atoms with Crippen LogP contribution in [0.15, 0.2) is 4.99 Å². The average molecular weight is 301 g/mol. The molecule has 0 radical (unpaired) electrons. The van der Waals surface area contributed by atoms with E-state index in [1.165, 1.54) is 44.4 Å². The van der Waals surface area contributed by atoms with Crippen molar-refractivity contribution in [2.24, 2.45) is 4.99 Å². The van der Waals surface area contributed by atoms with Crippen molar-refractivity contribution in [3.8, 4) is 0 Å². The number of likely N-dealkylation sites (N-methyl/N-ethyl adjacent to an activating group) is 1. The summed E-state index contributed by atoms with van der Waals surface area (Å²) in [5, 5.41) is 6.90. The molecule has 1 fully saturated rings. The summed E-state index contributed by atoms with van der Waals surface area (Å²) in [5.41, 5.74) is 0. The number of aliphatic imine (C=N–C) groups is 1. The Kier molecular flexibility index (Phi) is 9.93. The van der Waals surface area contributed by atoms with Crippen LogP contribution < -0.4 is 10.6 Å². The van der Waals surface area contributed by atoms with Crippen LogP contribution in [0.5, 0.6) is 0 Å². The Morgan fingerprint density at radius 2 is 2.15 bits per heavy atom. The average Bonchev–Trinajstić information content (AvgIpc) is 2.50. The van der Waals surface area contributed by atoms with Gasteiger partial charge in [-0.05, 0) is 50.8 Å². The van der Waals surface area contributed by atoms with Gasteiger partial charge in [0.25, 0.3) is 0 Å². The minimum atomic E-state index is 0.670. The molecule has 0 amide bonds. The first kappa shape index (κ1) is 17.6. The summed E-state index contributed by atoms with van der Waals surface area (Å²) < 4.78 is 0. The van der Waals surface area contributed by atoms with Gasteiger partial charge in [-0.3, -0.25) is 9.89 Å². The van der Waals surface area contributed by atoms with E-state index in [1.807, 2.05) is 18.8 Å². The lowest BCUT2D eigenvalue weighted by atomic mass is 10.0. The van der Waals surface area contributed by atoms with Gasteiger partial charge in [-0.15, -0.1) is 0 Å². The van der Waals surface area contributed by atoms with Gasteiger partial charge in [-0.1, -0.05) is 13.3 Å². The lowest BCUT2D eigenvalue weighted by Crippen LogP contribution is -2.49. The maximum absolute atomic E-state index is 4.31. The number of rotatable bonds is 8. The van der Waals surface area contributed by atoms with Crippen LogP contribution in [0.25, 0.3) is 0 Å². The van der Waals surface area contributed by atoms with Gasteiger partial charge in [-0.2, -0.15) is 11.8 Å². The van der Waals surface area contributed by atoms with Gasteiger partial charge in [0.1, 0.15) is 0 Å². The predicted octanol–water partition coefficient (Wildman–Crippen LogP) is 2.17. The van der Waals surface area contributed by atoms with Crippen molar-refractivity contribution in [1.82, 2.24) is 15.5 Å². The van der Waals surface area contributed by atoms with Crippen molar-refractivity contribution in [3.63, 3.8) is 0 Å². The second kappa shape index (κ2) is 11.3. The fraction of sp³-hybridized carbons (Fsp3) is 0.933. The monoisotopic (exact) mass is 300 g/mol. The molecule has 1 heterocycles. The molecular weight excluding hydrogens is 268 g/mol. The maximum Gasteiger partial charge on any atom is 0.191 e. The Morgan fingerprint density at radius 3 is 2.85 bits per heavy atom. The summed E-state index contributed by atoms with van der Waals surface area (Å²) in [5.74, 6) is 2.21. The summed E-state index contributed by atoms with van der Waals surface area (Å²) in [6.07, 6.45) is 8.68. The molecule has 0 aromatic rings. The molecule has 0 saturated carbocycles. The molecule has 20 heavy (non-hydrogen) atoms. The van der Waals surface area contributed by atoms with Crippen LogP contribution in [0.4, 0.5) is 0 Å². The molecule has 1 aliphatic heterocycles. The van der Waals surface area contributed by atoms with Crippen LogP contribution in [0.3, 0.4) is 0 Å². The SMILES string of the molecule is CCN1CCCCC1CNC(=NC)NCCCCSC. The van der Waals surface area contributed by atoms with Gasteiger partial charge in [0.05, 0.1) is 0 Å². The van der Waals surface area contributed by atoms with Gasteiger partial charge in [0.2, 0.25) is 0 Å². The number of hydrogen-bond donors (Lipinski definition) is 2.